The number of carbonyl (C=O) groups is 1. The standard InChI is InChI=1S/C17H21ClN4O/c1-12-16(17(23)21-8-4-7-15(21)10-19-2)11-20-22(12)14-6-3-5-13(18)9-14/h3,5-6,9,11,15,19H,4,7-8,10H2,1-2H3/t15-/m1/s1. The number of halogens is 1. The van der Waals surface area contributed by atoms with Crippen LogP contribution in [0.15, 0.2) is 30.5 Å². The van der Waals surface area contributed by atoms with E-state index in [0.717, 1.165) is 37.3 Å². The van der Waals surface area contributed by atoms with Crippen molar-refractivity contribution in [3.63, 3.8) is 0 Å². The van der Waals surface area contributed by atoms with E-state index in [9.17, 15) is 4.79 Å². The van der Waals surface area contributed by atoms with Crippen LogP contribution in [0, 0.1) is 6.92 Å². The van der Waals surface area contributed by atoms with Crippen molar-refractivity contribution in [2.75, 3.05) is 20.1 Å². The van der Waals surface area contributed by atoms with Crippen molar-refractivity contribution in [2.24, 2.45) is 0 Å². The monoisotopic (exact) mass is 332 g/mol. The van der Waals surface area contributed by atoms with Gasteiger partial charge < -0.3 is 10.2 Å². The third kappa shape index (κ3) is 3.12. The molecule has 5 nitrogen and oxygen atoms in total. The number of likely N-dealkylation sites (N-methyl/N-ethyl adjacent to an activating group) is 1. The first-order chi connectivity index (χ1) is 11.1. The Kier molecular flexibility index (Phi) is 4.68. The van der Waals surface area contributed by atoms with E-state index in [1.165, 1.54) is 0 Å². The maximum absolute atomic E-state index is 12.9. The highest BCUT2D eigenvalue weighted by molar-refractivity contribution is 6.30. The van der Waals surface area contributed by atoms with Crippen LogP contribution >= 0.6 is 11.6 Å². The molecule has 6 heteroatoms. The lowest BCUT2D eigenvalue weighted by Gasteiger charge is -2.24. The molecule has 122 valence electrons. The predicted octanol–water partition coefficient (Wildman–Crippen LogP) is 2.66. The number of carbonyl (C=O) groups excluding carboxylic acids is 1. The van der Waals surface area contributed by atoms with Gasteiger partial charge in [-0.05, 0) is 45.0 Å². The minimum absolute atomic E-state index is 0.0635. The Balaban J connectivity index is 1.88. The second kappa shape index (κ2) is 6.72. The molecule has 1 atom stereocenters. The van der Waals surface area contributed by atoms with Gasteiger partial charge in [0.2, 0.25) is 0 Å². The quantitative estimate of drug-likeness (QED) is 0.936. The zero-order chi connectivity index (χ0) is 16.4. The molecule has 0 spiro atoms. The van der Waals surface area contributed by atoms with Gasteiger partial charge in [-0.15, -0.1) is 0 Å². The molecule has 1 N–H and O–H groups in total. The van der Waals surface area contributed by atoms with Crippen molar-refractivity contribution in [3.8, 4) is 5.69 Å². The lowest BCUT2D eigenvalue weighted by atomic mass is 10.2. The topological polar surface area (TPSA) is 50.2 Å². The van der Waals surface area contributed by atoms with Gasteiger partial charge in [0, 0.05) is 24.2 Å². The molecule has 0 saturated carbocycles. The molecule has 0 aliphatic carbocycles. The first kappa shape index (κ1) is 16.0. The second-order valence-corrected chi connectivity index (χ2v) is 6.32. The van der Waals surface area contributed by atoms with Gasteiger partial charge in [0.25, 0.3) is 5.91 Å². The van der Waals surface area contributed by atoms with Crippen molar-refractivity contribution in [1.29, 1.82) is 0 Å². The molecule has 0 radical (unpaired) electrons. The normalized spacial score (nSPS) is 17.7. The summed E-state index contributed by atoms with van der Waals surface area (Å²) in [5.74, 6) is 0.0635. The predicted molar refractivity (Wildman–Crippen MR) is 91.3 cm³/mol. The molecule has 1 amide bonds. The molecule has 1 aromatic heterocycles. The van der Waals surface area contributed by atoms with Gasteiger partial charge in [-0.1, -0.05) is 17.7 Å². The molecule has 23 heavy (non-hydrogen) atoms. The fourth-order valence-electron chi connectivity index (χ4n) is 3.19. The van der Waals surface area contributed by atoms with Gasteiger partial charge in [0.05, 0.1) is 23.1 Å². The van der Waals surface area contributed by atoms with Crippen LogP contribution in [-0.2, 0) is 0 Å². The maximum Gasteiger partial charge on any atom is 0.257 e. The molecule has 3 rings (SSSR count). The van der Waals surface area contributed by atoms with Crippen molar-refractivity contribution in [2.45, 2.75) is 25.8 Å². The molecule has 2 heterocycles. The molecule has 1 fully saturated rings. The van der Waals surface area contributed by atoms with E-state index in [-0.39, 0.29) is 11.9 Å². The number of aromatic nitrogens is 2. The lowest BCUT2D eigenvalue weighted by Crippen LogP contribution is -2.41. The molecular weight excluding hydrogens is 312 g/mol. The van der Waals surface area contributed by atoms with Crippen molar-refractivity contribution < 1.29 is 4.79 Å². The summed E-state index contributed by atoms with van der Waals surface area (Å²) in [6.45, 7) is 3.56. The lowest BCUT2D eigenvalue weighted by molar-refractivity contribution is 0.0736. The van der Waals surface area contributed by atoms with Gasteiger partial charge in [0.15, 0.2) is 0 Å². The average Bonchev–Trinajstić information content (AvgIpc) is 3.14. The van der Waals surface area contributed by atoms with Crippen LogP contribution in [0.4, 0.5) is 0 Å². The van der Waals surface area contributed by atoms with Crippen LogP contribution in [0.2, 0.25) is 5.02 Å². The molecule has 1 aliphatic rings. The Morgan fingerprint density at radius 2 is 2.30 bits per heavy atom. The summed E-state index contributed by atoms with van der Waals surface area (Å²) in [5.41, 5.74) is 2.36. The highest BCUT2D eigenvalue weighted by Crippen LogP contribution is 2.23. The number of nitrogens with zero attached hydrogens (tertiary/aromatic N) is 3. The number of likely N-dealkylation sites (tertiary alicyclic amines) is 1. The van der Waals surface area contributed by atoms with Gasteiger partial charge in [-0.25, -0.2) is 4.68 Å². The number of hydrogen-bond acceptors (Lipinski definition) is 3. The Morgan fingerprint density at radius 1 is 1.48 bits per heavy atom. The molecule has 0 unspecified atom stereocenters. The summed E-state index contributed by atoms with van der Waals surface area (Å²) in [5, 5.41) is 8.21. The number of amides is 1. The van der Waals surface area contributed by atoms with Crippen molar-refractivity contribution >= 4 is 17.5 Å². The summed E-state index contributed by atoms with van der Waals surface area (Å²) < 4.78 is 1.77. The van der Waals surface area contributed by atoms with E-state index < -0.39 is 0 Å². The highest BCUT2D eigenvalue weighted by Gasteiger charge is 2.30. The smallest absolute Gasteiger partial charge is 0.257 e. The number of benzene rings is 1. The molecule has 0 bridgehead atoms. The van der Waals surface area contributed by atoms with Crippen LogP contribution in [0.5, 0.6) is 0 Å². The maximum atomic E-state index is 12.9. The third-order valence-electron chi connectivity index (χ3n) is 4.37. The summed E-state index contributed by atoms with van der Waals surface area (Å²) in [6, 6.07) is 7.74. The molecule has 2 aromatic rings. The summed E-state index contributed by atoms with van der Waals surface area (Å²) >= 11 is 6.05. The fraction of sp³-hybridized carbons (Fsp3) is 0.412. The van der Waals surface area contributed by atoms with Crippen LogP contribution in [-0.4, -0.2) is 46.8 Å². The summed E-state index contributed by atoms with van der Waals surface area (Å²) in [7, 11) is 1.92. The van der Waals surface area contributed by atoms with Crippen LogP contribution in [0.25, 0.3) is 5.69 Å². The number of nitrogens with one attached hydrogen (secondary N) is 1. The Labute approximate surface area is 141 Å². The molecular formula is C17H21ClN4O. The number of hydrogen-bond donors (Lipinski definition) is 1. The largest absolute Gasteiger partial charge is 0.334 e. The summed E-state index contributed by atoms with van der Waals surface area (Å²) in [4.78, 5) is 14.8. The van der Waals surface area contributed by atoms with Crippen molar-refractivity contribution in [1.82, 2.24) is 20.0 Å². The highest BCUT2D eigenvalue weighted by atomic mass is 35.5. The second-order valence-electron chi connectivity index (χ2n) is 5.89. The van der Waals surface area contributed by atoms with Crippen LogP contribution in [0.3, 0.4) is 0 Å². The van der Waals surface area contributed by atoms with Gasteiger partial charge in [-0.3, -0.25) is 4.79 Å². The summed E-state index contributed by atoms with van der Waals surface area (Å²) in [6.07, 6.45) is 3.76. The van der Waals surface area contributed by atoms with E-state index in [4.69, 9.17) is 11.6 Å². The first-order valence-corrected chi connectivity index (χ1v) is 8.25. The Hall–Kier alpha value is -1.85. The van der Waals surface area contributed by atoms with Gasteiger partial charge in [-0.2, -0.15) is 5.10 Å². The minimum Gasteiger partial charge on any atom is -0.334 e. The zero-order valence-corrected chi connectivity index (χ0v) is 14.2. The van der Waals surface area contributed by atoms with Crippen LogP contribution < -0.4 is 5.32 Å². The SMILES string of the molecule is CNC[C@H]1CCCN1C(=O)c1cnn(-c2cccc(Cl)c2)c1C. The Morgan fingerprint density at radius 3 is 3.04 bits per heavy atom. The molecule has 1 aromatic carbocycles. The van der Waals surface area contributed by atoms with Gasteiger partial charge >= 0.3 is 0 Å². The van der Waals surface area contributed by atoms with E-state index in [2.05, 4.69) is 10.4 Å². The average molecular weight is 333 g/mol. The van der Waals surface area contributed by atoms with E-state index in [1.807, 2.05) is 43.1 Å². The third-order valence-corrected chi connectivity index (χ3v) is 4.61. The van der Waals surface area contributed by atoms with E-state index >= 15 is 0 Å². The van der Waals surface area contributed by atoms with Gasteiger partial charge in [0.1, 0.15) is 0 Å². The minimum atomic E-state index is 0.0635. The van der Waals surface area contributed by atoms with E-state index in [1.54, 1.807) is 10.9 Å². The fourth-order valence-corrected chi connectivity index (χ4v) is 3.38. The first-order valence-electron chi connectivity index (χ1n) is 7.88. The molecule has 1 aliphatic heterocycles. The van der Waals surface area contributed by atoms with Crippen LogP contribution in [0.1, 0.15) is 28.9 Å². The molecule has 1 saturated heterocycles. The number of rotatable bonds is 4. The Bertz CT molecular complexity index is 712. The zero-order valence-electron chi connectivity index (χ0n) is 13.4. The van der Waals surface area contributed by atoms with E-state index in [0.29, 0.717) is 10.6 Å². The van der Waals surface area contributed by atoms with Crippen molar-refractivity contribution in [3.05, 3.63) is 46.7 Å².